The lowest BCUT2D eigenvalue weighted by atomic mass is 10.2. The van der Waals surface area contributed by atoms with Crippen molar-refractivity contribution in [3.8, 4) is 0 Å². The summed E-state index contributed by atoms with van der Waals surface area (Å²) in [6.07, 6.45) is 0. The summed E-state index contributed by atoms with van der Waals surface area (Å²) < 4.78 is 0.978. The van der Waals surface area contributed by atoms with Gasteiger partial charge in [0.1, 0.15) is 0 Å². The summed E-state index contributed by atoms with van der Waals surface area (Å²) in [5.41, 5.74) is 2.13. The number of hydrogen-bond donors (Lipinski definition) is 2. The number of benzene rings is 2. The Morgan fingerprint density at radius 3 is 2.58 bits per heavy atom. The average Bonchev–Trinajstić information content (AvgIpc) is 2.63. The molecular formula is C17H15Cl2N5OS. The van der Waals surface area contributed by atoms with Crippen LogP contribution in [0.4, 0.5) is 11.5 Å². The van der Waals surface area contributed by atoms with E-state index in [1.54, 1.807) is 24.3 Å². The van der Waals surface area contributed by atoms with Gasteiger partial charge in [-0.3, -0.25) is 4.79 Å². The van der Waals surface area contributed by atoms with Crippen LogP contribution in [-0.4, -0.2) is 14.9 Å². The van der Waals surface area contributed by atoms with Crippen LogP contribution in [0.1, 0.15) is 11.1 Å². The molecule has 0 fully saturated rings. The number of hydrogen-bond acceptors (Lipinski definition) is 6. The molecule has 0 spiro atoms. The van der Waals surface area contributed by atoms with E-state index in [0.717, 1.165) is 15.8 Å². The van der Waals surface area contributed by atoms with Gasteiger partial charge < -0.3 is 11.2 Å². The first-order chi connectivity index (χ1) is 12.4. The molecule has 0 aliphatic carbocycles. The van der Waals surface area contributed by atoms with Crippen molar-refractivity contribution in [1.82, 2.24) is 14.9 Å². The van der Waals surface area contributed by atoms with E-state index < -0.39 is 5.56 Å². The monoisotopic (exact) mass is 407 g/mol. The SMILES string of the molecule is Cc1ccc(Nc2nnc(SCc3ccc(Cl)cc3)n(N)c2=O)cc1Cl. The van der Waals surface area contributed by atoms with E-state index in [1.165, 1.54) is 11.8 Å². The van der Waals surface area contributed by atoms with Crippen molar-refractivity contribution < 1.29 is 0 Å². The van der Waals surface area contributed by atoms with E-state index >= 15 is 0 Å². The second kappa shape index (κ2) is 7.99. The highest BCUT2D eigenvalue weighted by Gasteiger charge is 2.11. The van der Waals surface area contributed by atoms with Crippen LogP contribution in [0.15, 0.2) is 52.4 Å². The molecule has 0 unspecified atom stereocenters. The molecule has 0 aliphatic rings. The molecule has 0 aliphatic heterocycles. The molecule has 6 nitrogen and oxygen atoms in total. The Bertz CT molecular complexity index is 991. The third-order valence-corrected chi connectivity index (χ3v) is 5.25. The van der Waals surface area contributed by atoms with E-state index in [-0.39, 0.29) is 5.82 Å². The standard InChI is InChI=1S/C17H15Cl2N5OS/c1-10-2-7-13(8-14(10)19)21-15-16(25)24(20)17(23-22-15)26-9-11-3-5-12(18)6-4-11/h2-8H,9,20H2,1H3,(H,21,22). The van der Waals surface area contributed by atoms with Gasteiger partial charge in [-0.05, 0) is 42.3 Å². The Morgan fingerprint density at radius 2 is 1.88 bits per heavy atom. The van der Waals surface area contributed by atoms with Crippen molar-refractivity contribution in [2.75, 3.05) is 11.2 Å². The first-order valence-corrected chi connectivity index (χ1v) is 9.33. The molecule has 0 bridgehead atoms. The number of nitrogens with zero attached hydrogens (tertiary/aromatic N) is 3. The molecule has 0 saturated heterocycles. The third-order valence-electron chi connectivity index (χ3n) is 3.58. The van der Waals surface area contributed by atoms with Crippen LogP contribution in [0.2, 0.25) is 10.0 Å². The number of nitrogens with two attached hydrogens (primary N) is 1. The fourth-order valence-electron chi connectivity index (χ4n) is 2.10. The predicted octanol–water partition coefficient (Wildman–Crippen LogP) is 4.00. The summed E-state index contributed by atoms with van der Waals surface area (Å²) in [7, 11) is 0. The van der Waals surface area contributed by atoms with Gasteiger partial charge in [0.15, 0.2) is 0 Å². The molecule has 3 aromatic rings. The second-order valence-corrected chi connectivity index (χ2v) is 7.30. The van der Waals surface area contributed by atoms with E-state index in [0.29, 0.717) is 26.6 Å². The maximum absolute atomic E-state index is 12.4. The topological polar surface area (TPSA) is 85.8 Å². The smallest absolute Gasteiger partial charge is 0.315 e. The number of aromatic nitrogens is 3. The summed E-state index contributed by atoms with van der Waals surface area (Å²) in [5.74, 6) is 6.49. The van der Waals surface area contributed by atoms with E-state index in [4.69, 9.17) is 29.0 Å². The minimum atomic E-state index is -0.477. The summed E-state index contributed by atoms with van der Waals surface area (Å²) in [5, 5.41) is 12.5. The number of thioether (sulfide) groups is 1. The van der Waals surface area contributed by atoms with Gasteiger partial charge in [-0.2, -0.15) is 4.68 Å². The first kappa shape index (κ1) is 18.6. The predicted molar refractivity (Wildman–Crippen MR) is 107 cm³/mol. The lowest BCUT2D eigenvalue weighted by Gasteiger charge is -2.10. The van der Waals surface area contributed by atoms with Crippen molar-refractivity contribution in [3.63, 3.8) is 0 Å². The molecule has 134 valence electrons. The summed E-state index contributed by atoms with van der Waals surface area (Å²) in [4.78, 5) is 12.4. The van der Waals surface area contributed by atoms with Gasteiger partial charge >= 0.3 is 5.56 Å². The summed E-state index contributed by atoms with van der Waals surface area (Å²) in [6, 6.07) is 12.8. The highest BCUT2D eigenvalue weighted by molar-refractivity contribution is 7.98. The van der Waals surface area contributed by atoms with Crippen molar-refractivity contribution in [3.05, 3.63) is 74.0 Å². The normalized spacial score (nSPS) is 10.7. The van der Waals surface area contributed by atoms with Crippen LogP contribution < -0.4 is 16.7 Å². The van der Waals surface area contributed by atoms with Gasteiger partial charge in [-0.15, -0.1) is 10.2 Å². The van der Waals surface area contributed by atoms with Gasteiger partial charge in [0.2, 0.25) is 11.0 Å². The highest BCUT2D eigenvalue weighted by Crippen LogP contribution is 2.23. The molecule has 0 saturated carbocycles. The fourth-order valence-corrected chi connectivity index (χ4v) is 3.21. The Morgan fingerprint density at radius 1 is 1.15 bits per heavy atom. The largest absolute Gasteiger partial charge is 0.334 e. The van der Waals surface area contributed by atoms with Crippen molar-refractivity contribution in [2.45, 2.75) is 17.8 Å². The highest BCUT2D eigenvalue weighted by atomic mass is 35.5. The molecule has 0 atom stereocenters. The summed E-state index contributed by atoms with van der Waals surface area (Å²) in [6.45, 7) is 1.89. The van der Waals surface area contributed by atoms with Gasteiger partial charge in [-0.1, -0.05) is 53.2 Å². The Labute approximate surface area is 164 Å². The molecule has 0 radical (unpaired) electrons. The zero-order valence-corrected chi connectivity index (χ0v) is 16.1. The van der Waals surface area contributed by atoms with E-state index in [2.05, 4.69) is 15.5 Å². The number of nitrogen functional groups attached to an aromatic ring is 1. The third kappa shape index (κ3) is 4.30. The lowest BCUT2D eigenvalue weighted by molar-refractivity contribution is 0.705. The quantitative estimate of drug-likeness (QED) is 0.490. The second-order valence-electron chi connectivity index (χ2n) is 5.51. The first-order valence-electron chi connectivity index (χ1n) is 7.59. The van der Waals surface area contributed by atoms with Crippen molar-refractivity contribution in [2.24, 2.45) is 0 Å². The van der Waals surface area contributed by atoms with E-state index in [1.807, 2.05) is 25.1 Å². The number of nitrogens with one attached hydrogen (secondary N) is 1. The number of aryl methyl sites for hydroxylation is 1. The average molecular weight is 408 g/mol. The Kier molecular flexibility index (Phi) is 5.70. The van der Waals surface area contributed by atoms with Gasteiger partial charge in [-0.25, -0.2) is 0 Å². The van der Waals surface area contributed by atoms with Gasteiger partial charge in [0, 0.05) is 21.5 Å². The van der Waals surface area contributed by atoms with Crippen LogP contribution in [0, 0.1) is 6.92 Å². The van der Waals surface area contributed by atoms with Crippen LogP contribution in [-0.2, 0) is 5.75 Å². The minimum Gasteiger partial charge on any atom is -0.334 e. The molecule has 1 heterocycles. The zero-order chi connectivity index (χ0) is 18.7. The molecule has 9 heteroatoms. The van der Waals surface area contributed by atoms with E-state index in [9.17, 15) is 4.79 Å². The summed E-state index contributed by atoms with van der Waals surface area (Å²) >= 11 is 13.3. The van der Waals surface area contributed by atoms with Gasteiger partial charge in [0.05, 0.1) is 0 Å². The lowest BCUT2D eigenvalue weighted by Crippen LogP contribution is -2.32. The number of anilines is 2. The van der Waals surface area contributed by atoms with Gasteiger partial charge in [0.25, 0.3) is 0 Å². The number of rotatable bonds is 5. The molecule has 2 aromatic carbocycles. The van der Waals surface area contributed by atoms with Crippen LogP contribution in [0.3, 0.4) is 0 Å². The maximum Gasteiger partial charge on any atom is 0.315 e. The van der Waals surface area contributed by atoms with Crippen molar-refractivity contribution >= 4 is 46.5 Å². The van der Waals surface area contributed by atoms with Crippen LogP contribution in [0.25, 0.3) is 0 Å². The fraction of sp³-hybridized carbons (Fsp3) is 0.118. The zero-order valence-electron chi connectivity index (χ0n) is 13.7. The molecule has 3 N–H and O–H groups in total. The molecule has 0 amide bonds. The molecule has 3 rings (SSSR count). The van der Waals surface area contributed by atoms with Crippen molar-refractivity contribution in [1.29, 1.82) is 0 Å². The molecule has 26 heavy (non-hydrogen) atoms. The number of halogens is 2. The van der Waals surface area contributed by atoms with Crippen LogP contribution in [0.5, 0.6) is 0 Å². The molecule has 1 aromatic heterocycles. The van der Waals surface area contributed by atoms with Crippen LogP contribution >= 0.6 is 35.0 Å². The Hall–Kier alpha value is -2.22. The minimum absolute atomic E-state index is 0.0308. The Balaban J connectivity index is 1.76. The maximum atomic E-state index is 12.4. The molecular weight excluding hydrogens is 393 g/mol.